The van der Waals surface area contributed by atoms with Crippen LogP contribution in [0.4, 0.5) is 0 Å². The maximum Gasteiger partial charge on any atom is 0.106 e. The molecule has 0 amide bonds. The van der Waals surface area contributed by atoms with Crippen molar-refractivity contribution < 1.29 is 4.84 Å². The highest BCUT2D eigenvalue weighted by molar-refractivity contribution is 5.79. The Bertz CT molecular complexity index is 347. The van der Waals surface area contributed by atoms with Crippen molar-refractivity contribution >= 4 is 6.21 Å². The summed E-state index contributed by atoms with van der Waals surface area (Å²) in [7, 11) is 1.55. The van der Waals surface area contributed by atoms with Gasteiger partial charge in [-0.05, 0) is 35.7 Å². The predicted octanol–water partition coefficient (Wildman–Crippen LogP) is 1.31. The molecular formula is C11H14N2O. The summed E-state index contributed by atoms with van der Waals surface area (Å²) in [5.74, 6) is 0. The Labute approximate surface area is 83.8 Å². The van der Waals surface area contributed by atoms with Gasteiger partial charge in [-0.15, -0.1) is 0 Å². The molecule has 3 nitrogen and oxygen atoms in total. The molecule has 1 aliphatic heterocycles. The van der Waals surface area contributed by atoms with Gasteiger partial charge in [-0.1, -0.05) is 17.3 Å². The lowest BCUT2D eigenvalue weighted by atomic mass is 9.99. The Morgan fingerprint density at radius 1 is 1.43 bits per heavy atom. The molecule has 0 aromatic heterocycles. The molecule has 1 aliphatic rings. The highest BCUT2D eigenvalue weighted by atomic mass is 16.6. The van der Waals surface area contributed by atoms with E-state index < -0.39 is 0 Å². The molecule has 74 valence electrons. The number of hydrogen-bond acceptors (Lipinski definition) is 3. The quantitative estimate of drug-likeness (QED) is 0.563. The number of rotatable bonds is 2. The van der Waals surface area contributed by atoms with Gasteiger partial charge in [-0.2, -0.15) is 0 Å². The van der Waals surface area contributed by atoms with Crippen LogP contribution in [0.2, 0.25) is 0 Å². The maximum atomic E-state index is 4.65. The SMILES string of the molecule is CO/N=C/c1ccc2c(c1)CCNC2. The van der Waals surface area contributed by atoms with Crippen LogP contribution in [0.1, 0.15) is 16.7 Å². The van der Waals surface area contributed by atoms with Crippen molar-refractivity contribution in [1.29, 1.82) is 0 Å². The molecular weight excluding hydrogens is 176 g/mol. The second kappa shape index (κ2) is 4.24. The van der Waals surface area contributed by atoms with Crippen LogP contribution in [0.5, 0.6) is 0 Å². The largest absolute Gasteiger partial charge is 0.399 e. The number of nitrogens with zero attached hydrogens (tertiary/aromatic N) is 1. The first kappa shape index (κ1) is 9.21. The van der Waals surface area contributed by atoms with Gasteiger partial charge in [0.25, 0.3) is 0 Å². The summed E-state index contributed by atoms with van der Waals surface area (Å²) < 4.78 is 0. The second-order valence-corrected chi connectivity index (χ2v) is 3.37. The minimum absolute atomic E-state index is 0.983. The van der Waals surface area contributed by atoms with Crippen LogP contribution in [0.3, 0.4) is 0 Å². The van der Waals surface area contributed by atoms with E-state index in [9.17, 15) is 0 Å². The summed E-state index contributed by atoms with van der Waals surface area (Å²) in [5.41, 5.74) is 3.92. The average molecular weight is 190 g/mol. The molecule has 0 saturated carbocycles. The molecule has 1 aromatic rings. The van der Waals surface area contributed by atoms with Crippen LogP contribution in [0, 0.1) is 0 Å². The van der Waals surface area contributed by atoms with E-state index in [2.05, 4.69) is 33.5 Å². The van der Waals surface area contributed by atoms with Gasteiger partial charge < -0.3 is 10.2 Å². The van der Waals surface area contributed by atoms with E-state index in [0.29, 0.717) is 0 Å². The maximum absolute atomic E-state index is 4.65. The standard InChI is InChI=1S/C11H14N2O/c1-14-13-7-9-2-3-11-8-12-5-4-10(11)6-9/h2-3,6-7,12H,4-5,8H2,1H3/b13-7+. The fourth-order valence-electron chi connectivity index (χ4n) is 1.69. The third kappa shape index (κ3) is 1.93. The molecule has 2 rings (SSSR count). The molecule has 0 unspecified atom stereocenters. The molecule has 0 radical (unpaired) electrons. The minimum atomic E-state index is 0.983. The third-order valence-electron chi connectivity index (χ3n) is 2.42. The van der Waals surface area contributed by atoms with Gasteiger partial charge in [0, 0.05) is 6.54 Å². The molecule has 14 heavy (non-hydrogen) atoms. The average Bonchev–Trinajstić information content (AvgIpc) is 2.26. The van der Waals surface area contributed by atoms with Crippen molar-refractivity contribution in [2.75, 3.05) is 13.7 Å². The molecule has 0 spiro atoms. The number of fused-ring (bicyclic) bond motifs is 1. The lowest BCUT2D eigenvalue weighted by Crippen LogP contribution is -2.23. The molecule has 0 atom stereocenters. The zero-order valence-corrected chi connectivity index (χ0v) is 8.29. The highest BCUT2D eigenvalue weighted by Gasteiger charge is 2.07. The Kier molecular flexibility index (Phi) is 2.79. The summed E-state index contributed by atoms with van der Waals surface area (Å²) in [6.45, 7) is 2.05. The minimum Gasteiger partial charge on any atom is -0.399 e. The first-order valence-corrected chi connectivity index (χ1v) is 4.79. The fourth-order valence-corrected chi connectivity index (χ4v) is 1.69. The number of nitrogens with one attached hydrogen (secondary N) is 1. The van der Waals surface area contributed by atoms with E-state index in [4.69, 9.17) is 0 Å². The Morgan fingerprint density at radius 2 is 2.36 bits per heavy atom. The van der Waals surface area contributed by atoms with Crippen LogP contribution in [0.15, 0.2) is 23.4 Å². The highest BCUT2D eigenvalue weighted by Crippen LogP contribution is 2.14. The molecule has 1 N–H and O–H groups in total. The lowest BCUT2D eigenvalue weighted by Gasteiger charge is -2.16. The molecule has 0 fully saturated rings. The monoisotopic (exact) mass is 190 g/mol. The second-order valence-electron chi connectivity index (χ2n) is 3.37. The van der Waals surface area contributed by atoms with Gasteiger partial charge in [0.05, 0.1) is 6.21 Å². The first-order valence-electron chi connectivity index (χ1n) is 4.79. The van der Waals surface area contributed by atoms with Crippen LogP contribution < -0.4 is 5.32 Å². The smallest absolute Gasteiger partial charge is 0.106 e. The summed E-state index contributed by atoms with van der Waals surface area (Å²) in [6, 6.07) is 6.39. The van der Waals surface area contributed by atoms with E-state index >= 15 is 0 Å². The van der Waals surface area contributed by atoms with Crippen LogP contribution in [0.25, 0.3) is 0 Å². The molecule has 0 saturated heterocycles. The van der Waals surface area contributed by atoms with Gasteiger partial charge in [0.1, 0.15) is 7.11 Å². The number of benzene rings is 1. The zero-order valence-electron chi connectivity index (χ0n) is 8.29. The summed E-state index contributed by atoms with van der Waals surface area (Å²) in [4.78, 5) is 4.65. The van der Waals surface area contributed by atoms with Crippen molar-refractivity contribution in [2.45, 2.75) is 13.0 Å². The topological polar surface area (TPSA) is 33.6 Å². The summed E-state index contributed by atoms with van der Waals surface area (Å²) in [6.07, 6.45) is 2.84. The fraction of sp³-hybridized carbons (Fsp3) is 0.364. The number of hydrogen-bond donors (Lipinski definition) is 1. The third-order valence-corrected chi connectivity index (χ3v) is 2.42. The van der Waals surface area contributed by atoms with Crippen LogP contribution in [-0.4, -0.2) is 19.9 Å². The van der Waals surface area contributed by atoms with Gasteiger partial charge >= 0.3 is 0 Å². The van der Waals surface area contributed by atoms with E-state index in [-0.39, 0.29) is 0 Å². The molecule has 3 heteroatoms. The number of oxime groups is 1. The van der Waals surface area contributed by atoms with Crippen molar-refractivity contribution in [3.63, 3.8) is 0 Å². The molecule has 1 aromatic carbocycles. The van der Waals surface area contributed by atoms with E-state index in [0.717, 1.165) is 25.1 Å². The van der Waals surface area contributed by atoms with Crippen LogP contribution in [-0.2, 0) is 17.8 Å². The predicted molar refractivity (Wildman–Crippen MR) is 56.5 cm³/mol. The van der Waals surface area contributed by atoms with Crippen molar-refractivity contribution in [2.24, 2.45) is 5.16 Å². The van der Waals surface area contributed by atoms with E-state index in [1.54, 1.807) is 13.3 Å². The molecule has 0 aliphatic carbocycles. The Hall–Kier alpha value is -1.35. The lowest BCUT2D eigenvalue weighted by molar-refractivity contribution is 0.215. The normalized spacial score (nSPS) is 15.5. The van der Waals surface area contributed by atoms with E-state index in [1.165, 1.54) is 11.1 Å². The Balaban J connectivity index is 2.24. The van der Waals surface area contributed by atoms with Crippen molar-refractivity contribution in [3.8, 4) is 0 Å². The first-order chi connectivity index (χ1) is 6.90. The molecule has 1 heterocycles. The van der Waals surface area contributed by atoms with Gasteiger partial charge in [-0.25, -0.2) is 0 Å². The van der Waals surface area contributed by atoms with Gasteiger partial charge in [-0.3, -0.25) is 0 Å². The van der Waals surface area contributed by atoms with E-state index in [1.807, 2.05) is 0 Å². The van der Waals surface area contributed by atoms with Crippen molar-refractivity contribution in [1.82, 2.24) is 5.32 Å². The van der Waals surface area contributed by atoms with Crippen LogP contribution >= 0.6 is 0 Å². The zero-order chi connectivity index (χ0) is 9.80. The van der Waals surface area contributed by atoms with Gasteiger partial charge in [0.15, 0.2) is 0 Å². The summed E-state index contributed by atoms with van der Waals surface area (Å²) >= 11 is 0. The van der Waals surface area contributed by atoms with Gasteiger partial charge in [0.2, 0.25) is 0 Å². The Morgan fingerprint density at radius 3 is 3.21 bits per heavy atom. The summed E-state index contributed by atoms with van der Waals surface area (Å²) in [5, 5.41) is 7.10. The van der Waals surface area contributed by atoms with Crippen molar-refractivity contribution in [3.05, 3.63) is 34.9 Å². The molecule has 0 bridgehead atoms.